The van der Waals surface area contributed by atoms with E-state index in [-0.39, 0.29) is 6.04 Å². The lowest BCUT2D eigenvalue weighted by atomic mass is 10.1. The van der Waals surface area contributed by atoms with Gasteiger partial charge in [-0.2, -0.15) is 0 Å². The molecule has 0 aliphatic rings. The van der Waals surface area contributed by atoms with Crippen LogP contribution in [0.1, 0.15) is 31.4 Å². The van der Waals surface area contributed by atoms with Crippen LogP contribution >= 0.6 is 0 Å². The van der Waals surface area contributed by atoms with E-state index in [2.05, 4.69) is 29.2 Å². The zero-order valence-corrected chi connectivity index (χ0v) is 12.8. The van der Waals surface area contributed by atoms with Gasteiger partial charge in [-0.25, -0.2) is 0 Å². The Morgan fingerprint density at radius 1 is 0.905 bits per heavy atom. The van der Waals surface area contributed by atoms with E-state index in [1.807, 2.05) is 50.2 Å². The lowest BCUT2D eigenvalue weighted by Crippen LogP contribution is -2.37. The number of nitrogens with zero attached hydrogens (tertiary/aromatic N) is 1. The highest BCUT2D eigenvalue weighted by molar-refractivity contribution is 5.83. The Bertz CT molecular complexity index is 509. The molecule has 0 bridgehead atoms. The van der Waals surface area contributed by atoms with Crippen LogP contribution in [0, 0.1) is 0 Å². The van der Waals surface area contributed by atoms with Crippen LogP contribution in [0.15, 0.2) is 60.7 Å². The first-order valence-corrected chi connectivity index (χ1v) is 7.55. The molecule has 2 aromatic rings. The van der Waals surface area contributed by atoms with Gasteiger partial charge in [0.1, 0.15) is 5.78 Å². The molecule has 0 spiro atoms. The van der Waals surface area contributed by atoms with Gasteiger partial charge in [0, 0.05) is 19.5 Å². The van der Waals surface area contributed by atoms with Crippen LogP contribution in [0.4, 0.5) is 0 Å². The van der Waals surface area contributed by atoms with Crippen LogP contribution in [0.3, 0.4) is 0 Å². The first kappa shape index (κ1) is 15.5. The summed E-state index contributed by atoms with van der Waals surface area (Å²) in [5.74, 6) is 0.293. The molecule has 21 heavy (non-hydrogen) atoms. The third-order valence-corrected chi connectivity index (χ3v) is 3.82. The van der Waals surface area contributed by atoms with Crippen molar-refractivity contribution in [2.24, 2.45) is 0 Å². The molecule has 0 saturated heterocycles. The minimum absolute atomic E-state index is 0.0598. The van der Waals surface area contributed by atoms with Crippen molar-refractivity contribution in [2.75, 3.05) is 0 Å². The fraction of sp³-hybridized carbons (Fsp3) is 0.316. The van der Waals surface area contributed by atoms with E-state index in [1.165, 1.54) is 11.1 Å². The average Bonchev–Trinajstić information content (AvgIpc) is 2.54. The zero-order valence-electron chi connectivity index (χ0n) is 12.8. The Morgan fingerprint density at radius 3 is 1.71 bits per heavy atom. The summed E-state index contributed by atoms with van der Waals surface area (Å²) in [5.41, 5.74) is 2.48. The van der Waals surface area contributed by atoms with E-state index in [1.54, 1.807) is 0 Å². The molecule has 2 nitrogen and oxygen atoms in total. The van der Waals surface area contributed by atoms with E-state index < -0.39 is 0 Å². The fourth-order valence-electron chi connectivity index (χ4n) is 2.46. The minimum Gasteiger partial charge on any atom is -0.298 e. The Kier molecular flexibility index (Phi) is 5.70. The largest absolute Gasteiger partial charge is 0.298 e. The fourth-order valence-corrected chi connectivity index (χ4v) is 2.46. The molecular formula is C19H23NO. The summed E-state index contributed by atoms with van der Waals surface area (Å²) in [6.45, 7) is 5.53. The monoisotopic (exact) mass is 281 g/mol. The van der Waals surface area contributed by atoms with Gasteiger partial charge in [0.25, 0.3) is 0 Å². The lowest BCUT2D eigenvalue weighted by molar-refractivity contribution is -0.123. The summed E-state index contributed by atoms with van der Waals surface area (Å²) >= 11 is 0. The van der Waals surface area contributed by atoms with Crippen LogP contribution in [0.25, 0.3) is 0 Å². The average molecular weight is 281 g/mol. The van der Waals surface area contributed by atoms with Gasteiger partial charge in [-0.1, -0.05) is 67.6 Å². The molecular weight excluding hydrogens is 258 g/mol. The van der Waals surface area contributed by atoms with Crippen molar-refractivity contribution in [3.63, 3.8) is 0 Å². The molecule has 110 valence electrons. The van der Waals surface area contributed by atoms with E-state index in [0.717, 1.165) is 13.1 Å². The third kappa shape index (κ3) is 4.54. The third-order valence-electron chi connectivity index (χ3n) is 3.82. The second-order valence-electron chi connectivity index (χ2n) is 5.37. The standard InChI is InChI=1S/C19H23NO/c1-3-19(21)16(2)20(14-17-10-6-4-7-11-17)15-18-12-8-5-9-13-18/h4-13,16H,3,14-15H2,1-2H3/t16-/m1/s1. The van der Waals surface area contributed by atoms with Crippen LogP contribution in [-0.4, -0.2) is 16.7 Å². The van der Waals surface area contributed by atoms with Crippen LogP contribution in [0.5, 0.6) is 0 Å². The van der Waals surface area contributed by atoms with Gasteiger partial charge in [-0.05, 0) is 18.1 Å². The number of hydrogen-bond acceptors (Lipinski definition) is 2. The van der Waals surface area contributed by atoms with Crippen molar-refractivity contribution in [2.45, 2.75) is 39.4 Å². The summed E-state index contributed by atoms with van der Waals surface area (Å²) in [5, 5.41) is 0. The number of Topliss-reactive ketones (excluding diaryl/α,β-unsaturated/α-hetero) is 1. The summed E-state index contributed by atoms with van der Waals surface area (Å²) in [7, 11) is 0. The van der Waals surface area contributed by atoms with Crippen LogP contribution in [-0.2, 0) is 17.9 Å². The molecule has 0 aliphatic heterocycles. The summed E-state index contributed by atoms with van der Waals surface area (Å²) in [6, 6.07) is 20.6. The predicted molar refractivity (Wildman–Crippen MR) is 86.9 cm³/mol. The Labute approximate surface area is 127 Å². The second kappa shape index (κ2) is 7.75. The second-order valence-corrected chi connectivity index (χ2v) is 5.37. The molecule has 2 aromatic carbocycles. The van der Waals surface area contributed by atoms with Gasteiger partial charge in [0.2, 0.25) is 0 Å². The van der Waals surface area contributed by atoms with Crippen molar-refractivity contribution in [3.8, 4) is 0 Å². The van der Waals surface area contributed by atoms with Crippen molar-refractivity contribution in [1.82, 2.24) is 4.90 Å². The molecule has 0 fully saturated rings. The smallest absolute Gasteiger partial charge is 0.149 e. The topological polar surface area (TPSA) is 20.3 Å². The number of hydrogen-bond donors (Lipinski definition) is 0. The first-order valence-electron chi connectivity index (χ1n) is 7.55. The maximum Gasteiger partial charge on any atom is 0.149 e. The number of ketones is 1. The molecule has 0 heterocycles. The summed E-state index contributed by atoms with van der Waals surface area (Å²) < 4.78 is 0. The van der Waals surface area contributed by atoms with Gasteiger partial charge in [-0.3, -0.25) is 9.69 Å². The van der Waals surface area contributed by atoms with Gasteiger partial charge in [0.15, 0.2) is 0 Å². The first-order chi connectivity index (χ1) is 10.2. The Hall–Kier alpha value is -1.93. The van der Waals surface area contributed by atoms with Gasteiger partial charge in [0.05, 0.1) is 6.04 Å². The van der Waals surface area contributed by atoms with Gasteiger partial charge in [-0.15, -0.1) is 0 Å². The predicted octanol–water partition coefficient (Wildman–Crippen LogP) is 4.06. The highest BCUT2D eigenvalue weighted by atomic mass is 16.1. The number of benzene rings is 2. The van der Waals surface area contributed by atoms with E-state index in [9.17, 15) is 4.79 Å². The number of carbonyl (C=O) groups excluding carboxylic acids is 1. The SMILES string of the molecule is CCC(=O)[C@@H](C)N(Cc1ccccc1)Cc1ccccc1. The van der Waals surface area contributed by atoms with Crippen molar-refractivity contribution >= 4 is 5.78 Å². The summed E-state index contributed by atoms with van der Waals surface area (Å²) in [4.78, 5) is 14.3. The van der Waals surface area contributed by atoms with E-state index in [0.29, 0.717) is 12.2 Å². The molecule has 2 rings (SSSR count). The van der Waals surface area contributed by atoms with Crippen LogP contribution in [0.2, 0.25) is 0 Å². The molecule has 0 unspecified atom stereocenters. The van der Waals surface area contributed by atoms with E-state index >= 15 is 0 Å². The van der Waals surface area contributed by atoms with Gasteiger partial charge < -0.3 is 0 Å². The van der Waals surface area contributed by atoms with Crippen LogP contribution < -0.4 is 0 Å². The molecule has 0 amide bonds. The molecule has 2 heteroatoms. The minimum atomic E-state index is -0.0598. The van der Waals surface area contributed by atoms with Gasteiger partial charge >= 0.3 is 0 Å². The zero-order chi connectivity index (χ0) is 15.1. The highest BCUT2D eigenvalue weighted by Crippen LogP contribution is 2.14. The van der Waals surface area contributed by atoms with Crippen molar-refractivity contribution in [1.29, 1.82) is 0 Å². The molecule has 0 radical (unpaired) electrons. The quantitative estimate of drug-likeness (QED) is 0.763. The van der Waals surface area contributed by atoms with E-state index in [4.69, 9.17) is 0 Å². The Morgan fingerprint density at radius 2 is 1.33 bits per heavy atom. The molecule has 0 saturated carbocycles. The maximum absolute atomic E-state index is 12.1. The molecule has 0 aromatic heterocycles. The van der Waals surface area contributed by atoms with Crippen molar-refractivity contribution < 1.29 is 4.79 Å². The highest BCUT2D eigenvalue weighted by Gasteiger charge is 2.20. The summed E-state index contributed by atoms with van der Waals surface area (Å²) in [6.07, 6.45) is 0.585. The molecule has 1 atom stereocenters. The number of rotatable bonds is 7. The normalized spacial score (nSPS) is 12.3. The Balaban J connectivity index is 2.15. The number of carbonyl (C=O) groups is 1. The molecule has 0 N–H and O–H groups in total. The lowest BCUT2D eigenvalue weighted by Gasteiger charge is -2.28. The van der Waals surface area contributed by atoms with Crippen molar-refractivity contribution in [3.05, 3.63) is 71.8 Å². The maximum atomic E-state index is 12.1. The molecule has 0 aliphatic carbocycles.